The summed E-state index contributed by atoms with van der Waals surface area (Å²) in [6, 6.07) is 15.2. The summed E-state index contributed by atoms with van der Waals surface area (Å²) in [6.45, 7) is -0.00749. The van der Waals surface area contributed by atoms with Gasteiger partial charge in [0.05, 0.1) is 11.1 Å². The van der Waals surface area contributed by atoms with Gasteiger partial charge in [0, 0.05) is 17.3 Å². The molecule has 0 saturated carbocycles. The van der Waals surface area contributed by atoms with Crippen LogP contribution in [0.15, 0.2) is 48.5 Å². The van der Waals surface area contributed by atoms with E-state index in [4.69, 9.17) is 17.3 Å². The Morgan fingerprint density at radius 1 is 0.857 bits per heavy atom. The average molecular weight is 302 g/mol. The number of benzene rings is 3. The van der Waals surface area contributed by atoms with Gasteiger partial charge in [0.1, 0.15) is 6.10 Å². The summed E-state index contributed by atoms with van der Waals surface area (Å²) in [5.74, 6) is 0. The van der Waals surface area contributed by atoms with Crippen LogP contribution < -0.4 is 5.73 Å². The molecule has 3 rings (SSSR count). The Labute approximate surface area is 127 Å². The van der Waals surface area contributed by atoms with Gasteiger partial charge in [-0.05, 0) is 16.3 Å². The van der Waals surface area contributed by atoms with E-state index in [0.717, 1.165) is 21.5 Å². The number of aliphatic hydroxyl groups excluding tert-OH is 2. The summed E-state index contributed by atoms with van der Waals surface area (Å²) in [7, 11) is 0. The van der Waals surface area contributed by atoms with Crippen molar-refractivity contribution in [2.45, 2.75) is 12.2 Å². The third-order valence-corrected chi connectivity index (χ3v) is 4.22. The number of fused-ring (bicyclic) bond motifs is 2. The largest absolute Gasteiger partial charge is 0.389 e. The molecule has 0 radical (unpaired) electrons. The number of halogens is 1. The molecule has 0 aliphatic heterocycles. The first-order valence-electron chi connectivity index (χ1n) is 6.80. The Morgan fingerprint density at radius 2 is 1.29 bits per heavy atom. The molecular weight excluding hydrogens is 286 g/mol. The van der Waals surface area contributed by atoms with Crippen molar-refractivity contribution in [3.8, 4) is 0 Å². The monoisotopic (exact) mass is 301 g/mol. The minimum atomic E-state index is -1.05. The van der Waals surface area contributed by atoms with Gasteiger partial charge >= 0.3 is 0 Å². The van der Waals surface area contributed by atoms with Gasteiger partial charge in [-0.15, -0.1) is 0 Å². The summed E-state index contributed by atoms with van der Waals surface area (Å²) in [4.78, 5) is 0. The van der Waals surface area contributed by atoms with E-state index in [2.05, 4.69) is 0 Å². The molecule has 4 heteroatoms. The van der Waals surface area contributed by atoms with Gasteiger partial charge in [-0.1, -0.05) is 60.1 Å². The van der Waals surface area contributed by atoms with Crippen LogP contribution in [0, 0.1) is 0 Å². The molecule has 0 fully saturated rings. The molecule has 2 unspecified atom stereocenters. The predicted molar refractivity (Wildman–Crippen MR) is 86.5 cm³/mol. The second kappa shape index (κ2) is 5.62. The molecule has 0 bridgehead atoms. The van der Waals surface area contributed by atoms with Crippen molar-refractivity contribution in [2.75, 3.05) is 6.54 Å². The van der Waals surface area contributed by atoms with Gasteiger partial charge in [-0.25, -0.2) is 0 Å². The quantitative estimate of drug-likeness (QED) is 0.652. The highest BCUT2D eigenvalue weighted by Crippen LogP contribution is 2.39. The number of rotatable bonds is 3. The standard InChI is InChI=1S/C17H16ClNO2/c18-16-12-7-3-1-5-10(12)15(17(21)14(20)9-19)11-6-2-4-8-13(11)16/h1-8,14,17,20-21H,9,19H2. The van der Waals surface area contributed by atoms with Crippen LogP contribution in [0.2, 0.25) is 5.02 Å². The Morgan fingerprint density at radius 3 is 1.71 bits per heavy atom. The molecule has 3 nitrogen and oxygen atoms in total. The summed E-state index contributed by atoms with van der Waals surface area (Å²) >= 11 is 6.50. The van der Waals surface area contributed by atoms with Crippen molar-refractivity contribution >= 4 is 33.1 Å². The smallest absolute Gasteiger partial charge is 0.107 e. The second-order valence-corrected chi connectivity index (χ2v) is 5.44. The molecule has 0 heterocycles. The van der Waals surface area contributed by atoms with Crippen molar-refractivity contribution in [3.63, 3.8) is 0 Å². The fraction of sp³-hybridized carbons (Fsp3) is 0.176. The van der Waals surface area contributed by atoms with E-state index in [9.17, 15) is 10.2 Å². The van der Waals surface area contributed by atoms with Crippen LogP contribution in [0.3, 0.4) is 0 Å². The van der Waals surface area contributed by atoms with Crippen molar-refractivity contribution in [1.29, 1.82) is 0 Å². The van der Waals surface area contributed by atoms with Crippen LogP contribution in [0.4, 0.5) is 0 Å². The summed E-state index contributed by atoms with van der Waals surface area (Å²) in [5, 5.41) is 24.5. The van der Waals surface area contributed by atoms with E-state index in [0.29, 0.717) is 10.6 Å². The van der Waals surface area contributed by atoms with E-state index in [1.807, 2.05) is 48.5 Å². The highest BCUT2D eigenvalue weighted by atomic mass is 35.5. The van der Waals surface area contributed by atoms with Gasteiger partial charge < -0.3 is 15.9 Å². The maximum absolute atomic E-state index is 10.5. The fourth-order valence-electron chi connectivity index (χ4n) is 2.75. The molecule has 0 aliphatic carbocycles. The van der Waals surface area contributed by atoms with E-state index >= 15 is 0 Å². The zero-order chi connectivity index (χ0) is 15.0. The lowest BCUT2D eigenvalue weighted by Crippen LogP contribution is -2.27. The number of aliphatic hydroxyl groups is 2. The van der Waals surface area contributed by atoms with E-state index in [1.54, 1.807) is 0 Å². The molecule has 0 amide bonds. The summed E-state index contributed by atoms with van der Waals surface area (Å²) in [5.41, 5.74) is 6.16. The van der Waals surface area contributed by atoms with Crippen LogP contribution >= 0.6 is 11.6 Å². The first-order valence-corrected chi connectivity index (χ1v) is 7.18. The number of hydrogen-bond donors (Lipinski definition) is 3. The lowest BCUT2D eigenvalue weighted by molar-refractivity contribution is 0.0261. The third-order valence-electron chi connectivity index (χ3n) is 3.81. The molecule has 0 aliphatic rings. The Hall–Kier alpha value is -1.65. The van der Waals surface area contributed by atoms with Crippen molar-refractivity contribution in [3.05, 3.63) is 59.1 Å². The lowest BCUT2D eigenvalue weighted by atomic mass is 9.91. The molecule has 0 spiro atoms. The minimum absolute atomic E-state index is 0.00749. The van der Waals surface area contributed by atoms with Crippen LogP contribution in [0.5, 0.6) is 0 Å². The highest BCUT2D eigenvalue weighted by Gasteiger charge is 2.23. The molecule has 4 N–H and O–H groups in total. The van der Waals surface area contributed by atoms with Crippen molar-refractivity contribution < 1.29 is 10.2 Å². The molecule has 3 aromatic carbocycles. The highest BCUT2D eigenvalue weighted by molar-refractivity contribution is 6.41. The Kier molecular flexibility index (Phi) is 3.83. The van der Waals surface area contributed by atoms with Gasteiger partial charge in [0.15, 0.2) is 0 Å². The third kappa shape index (κ3) is 2.28. The van der Waals surface area contributed by atoms with Gasteiger partial charge in [0.25, 0.3) is 0 Å². The van der Waals surface area contributed by atoms with Crippen LogP contribution in [-0.4, -0.2) is 22.9 Å². The average Bonchev–Trinajstić information content (AvgIpc) is 2.54. The number of nitrogens with two attached hydrogens (primary N) is 1. The first-order chi connectivity index (χ1) is 10.1. The van der Waals surface area contributed by atoms with Crippen molar-refractivity contribution in [2.24, 2.45) is 5.73 Å². The molecule has 108 valence electrons. The second-order valence-electron chi connectivity index (χ2n) is 5.07. The Balaban J connectivity index is 2.46. The molecular formula is C17H16ClNO2. The normalized spacial score (nSPS) is 14.5. The van der Waals surface area contributed by atoms with Gasteiger partial charge in [0.2, 0.25) is 0 Å². The fourth-order valence-corrected chi connectivity index (χ4v) is 3.08. The number of hydrogen-bond acceptors (Lipinski definition) is 3. The molecule has 0 saturated heterocycles. The van der Waals surface area contributed by atoms with E-state index < -0.39 is 12.2 Å². The maximum atomic E-state index is 10.5. The molecule has 21 heavy (non-hydrogen) atoms. The SMILES string of the molecule is NCC(O)C(O)c1c2ccccc2c(Cl)c2ccccc12. The van der Waals surface area contributed by atoms with Crippen LogP contribution in [-0.2, 0) is 0 Å². The molecule has 2 atom stereocenters. The summed E-state index contributed by atoms with van der Waals surface area (Å²) in [6.07, 6.45) is -2.07. The van der Waals surface area contributed by atoms with E-state index in [1.165, 1.54) is 0 Å². The first kappa shape index (κ1) is 14.3. The maximum Gasteiger partial charge on any atom is 0.107 e. The predicted octanol–water partition coefficient (Wildman–Crippen LogP) is 3.00. The molecule has 3 aromatic rings. The zero-order valence-corrected chi connectivity index (χ0v) is 12.1. The van der Waals surface area contributed by atoms with Crippen LogP contribution in [0.1, 0.15) is 11.7 Å². The minimum Gasteiger partial charge on any atom is -0.389 e. The van der Waals surface area contributed by atoms with Crippen LogP contribution in [0.25, 0.3) is 21.5 Å². The summed E-state index contributed by atoms with van der Waals surface area (Å²) < 4.78 is 0. The van der Waals surface area contributed by atoms with Crippen molar-refractivity contribution in [1.82, 2.24) is 0 Å². The zero-order valence-electron chi connectivity index (χ0n) is 11.3. The topological polar surface area (TPSA) is 66.5 Å². The van der Waals surface area contributed by atoms with Gasteiger partial charge in [-0.3, -0.25) is 0 Å². The van der Waals surface area contributed by atoms with Gasteiger partial charge in [-0.2, -0.15) is 0 Å². The molecule has 0 aromatic heterocycles. The lowest BCUT2D eigenvalue weighted by Gasteiger charge is -2.21. The van der Waals surface area contributed by atoms with E-state index in [-0.39, 0.29) is 6.54 Å². The Bertz CT molecular complexity index is 746.